The molecule has 3 aromatic rings. The number of rotatable bonds is 8. The lowest BCUT2D eigenvalue weighted by atomic mass is 9.88. The third-order valence-electron chi connectivity index (χ3n) is 4.82. The zero-order chi connectivity index (χ0) is 20.7. The van der Waals surface area contributed by atoms with Gasteiger partial charge in [-0.25, -0.2) is 13.1 Å². The van der Waals surface area contributed by atoms with Crippen LogP contribution in [0.1, 0.15) is 33.8 Å². The van der Waals surface area contributed by atoms with Gasteiger partial charge in [-0.15, -0.1) is 0 Å². The van der Waals surface area contributed by atoms with E-state index in [1.807, 2.05) is 36.4 Å². The van der Waals surface area contributed by atoms with E-state index in [0.29, 0.717) is 12.1 Å². The first-order chi connectivity index (χ1) is 14.0. The molecule has 3 rings (SSSR count). The molecule has 0 aromatic heterocycles. The van der Waals surface area contributed by atoms with Crippen LogP contribution in [0.2, 0.25) is 0 Å². The number of hydrogen-bond donors (Lipinski definition) is 2. The normalized spacial score (nSPS) is 11.4. The van der Waals surface area contributed by atoms with E-state index < -0.39 is 10.0 Å². The molecule has 0 heterocycles. The molecule has 6 heteroatoms. The first-order valence-corrected chi connectivity index (χ1v) is 10.9. The van der Waals surface area contributed by atoms with Gasteiger partial charge in [-0.1, -0.05) is 60.7 Å². The Morgan fingerprint density at radius 2 is 1.34 bits per heavy atom. The van der Waals surface area contributed by atoms with Crippen molar-refractivity contribution in [2.24, 2.45) is 0 Å². The van der Waals surface area contributed by atoms with Gasteiger partial charge < -0.3 is 5.32 Å². The molecule has 1 amide bonds. The molecule has 150 valence electrons. The molecular weight excluding hydrogens is 384 g/mol. The number of amides is 1. The van der Waals surface area contributed by atoms with Crippen molar-refractivity contribution in [3.63, 3.8) is 0 Å². The zero-order valence-electron chi connectivity index (χ0n) is 16.2. The Morgan fingerprint density at radius 1 is 0.828 bits per heavy atom. The topological polar surface area (TPSA) is 75.3 Å². The summed E-state index contributed by atoms with van der Waals surface area (Å²) >= 11 is 0. The van der Waals surface area contributed by atoms with Crippen molar-refractivity contribution in [3.8, 4) is 0 Å². The van der Waals surface area contributed by atoms with Crippen LogP contribution in [-0.2, 0) is 10.0 Å². The van der Waals surface area contributed by atoms with Crippen LogP contribution in [0.3, 0.4) is 0 Å². The van der Waals surface area contributed by atoms with Crippen molar-refractivity contribution in [2.75, 3.05) is 13.6 Å². The molecular formula is C23H24N2O3S. The second kappa shape index (κ2) is 9.49. The number of sulfonamides is 1. The predicted octanol–water partition coefficient (Wildman–Crippen LogP) is 3.55. The molecule has 0 atom stereocenters. The lowest BCUT2D eigenvalue weighted by Crippen LogP contribution is -2.26. The minimum absolute atomic E-state index is 0.129. The van der Waals surface area contributed by atoms with E-state index in [1.165, 1.54) is 42.4 Å². The summed E-state index contributed by atoms with van der Waals surface area (Å²) < 4.78 is 25.8. The van der Waals surface area contributed by atoms with Crippen LogP contribution < -0.4 is 10.0 Å². The van der Waals surface area contributed by atoms with Gasteiger partial charge in [0.2, 0.25) is 10.0 Å². The van der Waals surface area contributed by atoms with Crippen LogP contribution in [0.4, 0.5) is 0 Å². The standard InChI is InChI=1S/C23H24N2O3S/c1-24-29(27,28)21-14-12-20(13-15-21)23(26)25-17-16-22(18-8-4-2-5-9-18)19-10-6-3-7-11-19/h2-15,22,24H,16-17H2,1H3,(H,25,26). The fourth-order valence-electron chi connectivity index (χ4n) is 3.23. The minimum atomic E-state index is -3.51. The highest BCUT2D eigenvalue weighted by Crippen LogP contribution is 2.27. The summed E-state index contributed by atoms with van der Waals surface area (Å²) in [4.78, 5) is 12.6. The molecule has 0 aliphatic carbocycles. The average Bonchev–Trinajstić information content (AvgIpc) is 2.78. The maximum absolute atomic E-state index is 12.5. The Balaban J connectivity index is 1.66. The fraction of sp³-hybridized carbons (Fsp3) is 0.174. The van der Waals surface area contributed by atoms with Crippen LogP contribution in [0.25, 0.3) is 0 Å². The van der Waals surface area contributed by atoms with Crippen LogP contribution in [-0.4, -0.2) is 27.9 Å². The maximum atomic E-state index is 12.5. The Kier molecular flexibility index (Phi) is 6.80. The SMILES string of the molecule is CNS(=O)(=O)c1ccc(C(=O)NCCC(c2ccccc2)c2ccccc2)cc1. The van der Waals surface area contributed by atoms with Gasteiger partial charge in [0.05, 0.1) is 4.90 Å². The minimum Gasteiger partial charge on any atom is -0.352 e. The molecule has 0 aliphatic heterocycles. The smallest absolute Gasteiger partial charge is 0.251 e. The fourth-order valence-corrected chi connectivity index (χ4v) is 3.96. The molecule has 0 fully saturated rings. The summed E-state index contributed by atoms with van der Waals surface area (Å²) in [6, 6.07) is 26.3. The molecule has 3 aromatic carbocycles. The highest BCUT2D eigenvalue weighted by molar-refractivity contribution is 7.89. The molecule has 0 spiro atoms. The molecule has 29 heavy (non-hydrogen) atoms. The highest BCUT2D eigenvalue weighted by atomic mass is 32.2. The summed E-state index contributed by atoms with van der Waals surface area (Å²) in [5.74, 6) is -0.0425. The van der Waals surface area contributed by atoms with Crippen molar-refractivity contribution in [1.82, 2.24) is 10.0 Å². The van der Waals surface area contributed by atoms with Crippen LogP contribution in [0.5, 0.6) is 0 Å². The van der Waals surface area contributed by atoms with Gasteiger partial charge in [-0.05, 0) is 48.9 Å². The average molecular weight is 409 g/mol. The summed E-state index contributed by atoms with van der Waals surface area (Å²) in [6.07, 6.45) is 0.756. The van der Waals surface area contributed by atoms with Crippen molar-refractivity contribution >= 4 is 15.9 Å². The summed E-state index contributed by atoms with van der Waals surface area (Å²) in [5.41, 5.74) is 2.83. The molecule has 0 saturated heterocycles. The van der Waals surface area contributed by atoms with Crippen molar-refractivity contribution in [2.45, 2.75) is 17.2 Å². The second-order valence-electron chi connectivity index (χ2n) is 6.65. The Hall–Kier alpha value is -2.96. The van der Waals surface area contributed by atoms with E-state index in [1.54, 1.807) is 0 Å². The van der Waals surface area contributed by atoms with Gasteiger partial charge in [0.25, 0.3) is 5.91 Å². The van der Waals surface area contributed by atoms with Gasteiger partial charge in [0.15, 0.2) is 0 Å². The van der Waals surface area contributed by atoms with Crippen molar-refractivity contribution in [3.05, 3.63) is 102 Å². The highest BCUT2D eigenvalue weighted by Gasteiger charge is 2.15. The number of hydrogen-bond acceptors (Lipinski definition) is 3. The van der Waals surface area contributed by atoms with Crippen LogP contribution in [0.15, 0.2) is 89.8 Å². The molecule has 0 unspecified atom stereocenters. The van der Waals surface area contributed by atoms with Gasteiger partial charge in [-0.3, -0.25) is 4.79 Å². The number of nitrogens with one attached hydrogen (secondary N) is 2. The van der Waals surface area contributed by atoms with E-state index in [0.717, 1.165) is 6.42 Å². The first-order valence-electron chi connectivity index (χ1n) is 9.43. The monoisotopic (exact) mass is 408 g/mol. The Bertz CT molecular complexity index is 995. The van der Waals surface area contributed by atoms with E-state index in [9.17, 15) is 13.2 Å². The lowest BCUT2D eigenvalue weighted by Gasteiger charge is -2.18. The van der Waals surface area contributed by atoms with Gasteiger partial charge in [0.1, 0.15) is 0 Å². The number of carbonyl (C=O) groups is 1. The predicted molar refractivity (Wildman–Crippen MR) is 114 cm³/mol. The van der Waals surface area contributed by atoms with Crippen LogP contribution in [0, 0.1) is 0 Å². The van der Waals surface area contributed by atoms with E-state index >= 15 is 0 Å². The zero-order valence-corrected chi connectivity index (χ0v) is 17.0. The maximum Gasteiger partial charge on any atom is 0.251 e. The quantitative estimate of drug-likeness (QED) is 0.599. The molecule has 2 N–H and O–H groups in total. The molecule has 0 radical (unpaired) electrons. The molecule has 0 bridgehead atoms. The second-order valence-corrected chi connectivity index (χ2v) is 8.54. The molecule has 5 nitrogen and oxygen atoms in total. The van der Waals surface area contributed by atoms with Crippen molar-refractivity contribution < 1.29 is 13.2 Å². The van der Waals surface area contributed by atoms with Gasteiger partial charge in [0, 0.05) is 18.0 Å². The number of carbonyl (C=O) groups excluding carboxylic acids is 1. The largest absolute Gasteiger partial charge is 0.352 e. The Morgan fingerprint density at radius 3 is 1.83 bits per heavy atom. The third kappa shape index (κ3) is 5.31. The van der Waals surface area contributed by atoms with E-state index in [-0.39, 0.29) is 16.7 Å². The van der Waals surface area contributed by atoms with Gasteiger partial charge in [-0.2, -0.15) is 0 Å². The number of benzene rings is 3. The molecule has 0 saturated carbocycles. The summed E-state index contributed by atoms with van der Waals surface area (Å²) in [5, 5.41) is 2.94. The van der Waals surface area contributed by atoms with E-state index in [2.05, 4.69) is 34.3 Å². The molecule has 0 aliphatic rings. The first kappa shape index (κ1) is 20.8. The van der Waals surface area contributed by atoms with E-state index in [4.69, 9.17) is 0 Å². The Labute approximate surface area is 171 Å². The van der Waals surface area contributed by atoms with Crippen molar-refractivity contribution in [1.29, 1.82) is 0 Å². The van der Waals surface area contributed by atoms with Crippen LogP contribution >= 0.6 is 0 Å². The lowest BCUT2D eigenvalue weighted by molar-refractivity contribution is 0.0952. The van der Waals surface area contributed by atoms with Gasteiger partial charge >= 0.3 is 0 Å². The summed E-state index contributed by atoms with van der Waals surface area (Å²) in [6.45, 7) is 0.504. The third-order valence-corrected chi connectivity index (χ3v) is 6.25. The summed E-state index contributed by atoms with van der Waals surface area (Å²) in [7, 11) is -2.16.